The summed E-state index contributed by atoms with van der Waals surface area (Å²) >= 11 is 0. The number of amides is 3. The molecule has 0 saturated carbocycles. The summed E-state index contributed by atoms with van der Waals surface area (Å²) in [5.74, 6) is -3.35. The van der Waals surface area contributed by atoms with Crippen LogP contribution in [0.2, 0.25) is 0 Å². The van der Waals surface area contributed by atoms with Gasteiger partial charge in [0.1, 0.15) is 58.1 Å². The Bertz CT molecular complexity index is 1490. The second-order valence-corrected chi connectivity index (χ2v) is 14.9. The van der Waals surface area contributed by atoms with Crippen LogP contribution in [0.15, 0.2) is 36.5 Å². The SMILES string of the molecule is C=C(C)C(=O)OC(C)COCN(CC(=O)NCCC)c1nc(N(COCC(C)OC(=O)C(=C)C)CC(=O)NCCC)nc(N(COCC(C)OC(=O)C(=C)C)CC(=O)NCCC)n1. The lowest BCUT2D eigenvalue weighted by atomic mass is 10.3. The van der Waals surface area contributed by atoms with E-state index in [0.717, 1.165) is 0 Å². The van der Waals surface area contributed by atoms with Crippen LogP contribution in [0.3, 0.4) is 0 Å². The fourth-order valence-corrected chi connectivity index (χ4v) is 4.71. The second-order valence-electron chi connectivity index (χ2n) is 14.9. The van der Waals surface area contributed by atoms with E-state index in [1.54, 1.807) is 20.8 Å². The molecule has 0 bridgehead atoms. The monoisotopic (exact) mass is 892 g/mol. The van der Waals surface area contributed by atoms with Crippen LogP contribution >= 0.6 is 0 Å². The van der Waals surface area contributed by atoms with Crippen molar-refractivity contribution in [2.24, 2.45) is 0 Å². The Morgan fingerprint density at radius 2 is 0.730 bits per heavy atom. The van der Waals surface area contributed by atoms with Crippen molar-refractivity contribution >= 4 is 53.5 Å². The van der Waals surface area contributed by atoms with E-state index in [-0.39, 0.29) is 94.2 Å². The minimum absolute atomic E-state index is 0.0890. The van der Waals surface area contributed by atoms with Crippen molar-refractivity contribution in [1.29, 1.82) is 0 Å². The van der Waals surface area contributed by atoms with Crippen LogP contribution in [-0.2, 0) is 57.2 Å². The first-order chi connectivity index (χ1) is 29.8. The van der Waals surface area contributed by atoms with Gasteiger partial charge in [0.25, 0.3) is 0 Å². The van der Waals surface area contributed by atoms with Gasteiger partial charge in [0, 0.05) is 36.4 Å². The first-order valence-electron chi connectivity index (χ1n) is 20.9. The normalized spacial score (nSPS) is 12.1. The fourth-order valence-electron chi connectivity index (χ4n) is 4.71. The molecule has 21 heteroatoms. The van der Waals surface area contributed by atoms with E-state index in [9.17, 15) is 28.8 Å². The van der Waals surface area contributed by atoms with Gasteiger partial charge >= 0.3 is 17.9 Å². The predicted molar refractivity (Wildman–Crippen MR) is 235 cm³/mol. The number of carbonyl (C=O) groups excluding carboxylic acids is 6. The van der Waals surface area contributed by atoms with Crippen LogP contribution in [0.4, 0.5) is 17.8 Å². The summed E-state index contributed by atoms with van der Waals surface area (Å²) in [5.41, 5.74) is 0.624. The molecule has 63 heavy (non-hydrogen) atoms. The molecule has 3 atom stereocenters. The summed E-state index contributed by atoms with van der Waals surface area (Å²) in [6.07, 6.45) is -0.123. The third kappa shape index (κ3) is 23.4. The molecule has 354 valence electrons. The van der Waals surface area contributed by atoms with Crippen molar-refractivity contribution in [3.05, 3.63) is 36.5 Å². The third-order valence-electron chi connectivity index (χ3n) is 7.94. The summed E-state index contributed by atoms with van der Waals surface area (Å²) in [5, 5.41) is 8.46. The molecule has 0 spiro atoms. The Morgan fingerprint density at radius 3 is 0.937 bits per heavy atom. The van der Waals surface area contributed by atoms with E-state index in [4.69, 9.17) is 43.4 Å². The average molecular weight is 892 g/mol. The molecule has 0 aliphatic rings. The minimum Gasteiger partial charge on any atom is -0.457 e. The number of hydrogen-bond donors (Lipinski definition) is 3. The molecule has 0 radical (unpaired) electrons. The Balaban J connectivity index is 3.94. The Kier molecular flexibility index (Phi) is 26.7. The molecule has 1 heterocycles. The third-order valence-corrected chi connectivity index (χ3v) is 7.94. The molecule has 3 N–H and O–H groups in total. The van der Waals surface area contributed by atoms with Crippen molar-refractivity contribution < 1.29 is 57.2 Å². The molecule has 0 fully saturated rings. The van der Waals surface area contributed by atoms with Crippen molar-refractivity contribution in [2.45, 2.75) is 99.9 Å². The zero-order valence-corrected chi connectivity index (χ0v) is 38.5. The maximum Gasteiger partial charge on any atom is 0.333 e. The van der Waals surface area contributed by atoms with Crippen LogP contribution in [0.25, 0.3) is 0 Å². The summed E-state index contributed by atoms with van der Waals surface area (Å²) < 4.78 is 33.9. The summed E-state index contributed by atoms with van der Waals surface area (Å²) in [7, 11) is 0. The second kappa shape index (κ2) is 30.4. The van der Waals surface area contributed by atoms with Gasteiger partial charge in [-0.25, -0.2) is 14.4 Å². The Labute approximate surface area is 371 Å². The summed E-state index contributed by atoms with van der Waals surface area (Å²) in [6, 6.07) is 0. The van der Waals surface area contributed by atoms with Gasteiger partial charge in [-0.1, -0.05) is 40.5 Å². The molecule has 0 aliphatic heterocycles. The van der Waals surface area contributed by atoms with E-state index in [0.29, 0.717) is 38.9 Å². The highest BCUT2D eigenvalue weighted by molar-refractivity contribution is 5.88. The number of esters is 3. The maximum atomic E-state index is 13.3. The van der Waals surface area contributed by atoms with Gasteiger partial charge in [0.05, 0.1) is 19.8 Å². The van der Waals surface area contributed by atoms with Gasteiger partial charge in [0.2, 0.25) is 35.6 Å². The van der Waals surface area contributed by atoms with Gasteiger partial charge in [0.15, 0.2) is 0 Å². The van der Waals surface area contributed by atoms with Gasteiger partial charge in [-0.2, -0.15) is 15.0 Å². The lowest BCUT2D eigenvalue weighted by Gasteiger charge is -2.29. The van der Waals surface area contributed by atoms with Crippen molar-refractivity contribution in [3.63, 3.8) is 0 Å². The van der Waals surface area contributed by atoms with E-state index in [2.05, 4.69) is 35.7 Å². The van der Waals surface area contributed by atoms with Crippen LogP contribution in [-0.4, -0.2) is 148 Å². The number of aromatic nitrogens is 3. The molecular formula is C42H69N9O12. The zero-order chi connectivity index (χ0) is 47.5. The predicted octanol–water partition coefficient (Wildman–Crippen LogP) is 2.32. The first kappa shape index (κ1) is 55.3. The van der Waals surface area contributed by atoms with Crippen LogP contribution in [0.5, 0.6) is 0 Å². The van der Waals surface area contributed by atoms with Crippen LogP contribution in [0, 0.1) is 0 Å². The molecule has 1 aromatic heterocycles. The topological polar surface area (TPSA) is 242 Å². The number of nitrogens with zero attached hydrogens (tertiary/aromatic N) is 6. The smallest absolute Gasteiger partial charge is 0.333 e. The molecular weight excluding hydrogens is 823 g/mol. The Hall–Kier alpha value is -5.67. The van der Waals surface area contributed by atoms with Gasteiger partial charge in [-0.15, -0.1) is 0 Å². The highest BCUT2D eigenvalue weighted by Gasteiger charge is 2.26. The van der Waals surface area contributed by atoms with Gasteiger partial charge in [-0.3, -0.25) is 14.4 Å². The van der Waals surface area contributed by atoms with E-state index in [1.807, 2.05) is 20.8 Å². The van der Waals surface area contributed by atoms with E-state index in [1.165, 1.54) is 35.5 Å². The fraction of sp³-hybridized carbons (Fsp3) is 0.643. The summed E-state index contributed by atoms with van der Waals surface area (Å²) in [6.45, 7) is 25.0. The number of anilines is 3. The molecule has 21 nitrogen and oxygen atoms in total. The average Bonchev–Trinajstić information content (AvgIpc) is 3.22. The molecule has 1 rings (SSSR count). The molecule has 3 unspecified atom stereocenters. The van der Waals surface area contributed by atoms with E-state index < -0.39 is 53.9 Å². The molecule has 0 aromatic carbocycles. The number of rotatable bonds is 33. The number of nitrogens with one attached hydrogen (secondary N) is 3. The standard InChI is InChI=1S/C42H69N9O12/c1-13-16-43-34(52)19-49(25-58-22-31(10)61-37(55)28(4)5)40-46-41(50(20-35(53)44-17-14-2)26-59-23-32(11)62-38(56)29(6)7)48-42(47-40)51(21-36(54)45-18-15-3)27-60-24-33(12)63-39(57)30(8)9/h31-33H,4,6,8,13-27H2,1-3,5,7,9-12H3,(H,43,52)(H,44,53)(H,45,54). The highest BCUT2D eigenvalue weighted by atomic mass is 16.6. The van der Waals surface area contributed by atoms with E-state index >= 15 is 0 Å². The molecule has 1 aromatic rings. The number of ether oxygens (including phenoxy) is 6. The Morgan fingerprint density at radius 1 is 0.492 bits per heavy atom. The lowest BCUT2D eigenvalue weighted by molar-refractivity contribution is -0.147. The minimum atomic E-state index is -0.702. The molecule has 0 aliphatic carbocycles. The van der Waals surface area contributed by atoms with Crippen LogP contribution in [0.1, 0.15) is 81.6 Å². The molecule has 3 amide bonds. The van der Waals surface area contributed by atoms with Gasteiger partial charge < -0.3 is 59.1 Å². The largest absolute Gasteiger partial charge is 0.457 e. The van der Waals surface area contributed by atoms with Crippen molar-refractivity contribution in [1.82, 2.24) is 30.9 Å². The summed E-state index contributed by atoms with van der Waals surface area (Å²) in [4.78, 5) is 94.6. The van der Waals surface area contributed by atoms with Crippen molar-refractivity contribution in [2.75, 3.05) is 94.0 Å². The lowest BCUT2D eigenvalue weighted by Crippen LogP contribution is -2.43. The zero-order valence-electron chi connectivity index (χ0n) is 38.5. The highest BCUT2D eigenvalue weighted by Crippen LogP contribution is 2.21. The quantitative estimate of drug-likeness (QED) is 0.0397. The van der Waals surface area contributed by atoms with Crippen molar-refractivity contribution in [3.8, 4) is 0 Å². The first-order valence-corrected chi connectivity index (χ1v) is 20.9. The maximum absolute atomic E-state index is 13.3. The van der Waals surface area contributed by atoms with Crippen LogP contribution < -0.4 is 30.7 Å². The van der Waals surface area contributed by atoms with Gasteiger partial charge in [-0.05, 0) is 60.8 Å². The number of hydrogen-bond acceptors (Lipinski definition) is 18. The number of carbonyl (C=O) groups is 6. The molecule has 0 saturated heterocycles.